The Labute approximate surface area is 165 Å². The molecule has 150 valence electrons. The largest absolute Gasteiger partial charge is 0.497 e. The third kappa shape index (κ3) is 3.45. The van der Waals surface area contributed by atoms with Crippen molar-refractivity contribution < 1.29 is 28.2 Å². The lowest BCUT2D eigenvalue weighted by atomic mass is 9.86. The summed E-state index contributed by atoms with van der Waals surface area (Å²) < 4.78 is 21.9. The van der Waals surface area contributed by atoms with Gasteiger partial charge in [-0.25, -0.2) is 9.59 Å². The van der Waals surface area contributed by atoms with Gasteiger partial charge in [0.25, 0.3) is 0 Å². The van der Waals surface area contributed by atoms with Gasteiger partial charge in [0.15, 0.2) is 0 Å². The molecule has 1 aromatic carbocycles. The molecule has 0 saturated heterocycles. The number of nitrogens with two attached hydrogens (primary N) is 1. The van der Waals surface area contributed by atoms with Gasteiger partial charge in [-0.2, -0.15) is 5.26 Å². The number of H-pyrrole nitrogens is 1. The highest BCUT2D eigenvalue weighted by Crippen LogP contribution is 2.37. The van der Waals surface area contributed by atoms with E-state index in [9.17, 15) is 14.9 Å². The number of methoxy groups -OCH3 is 1. The minimum atomic E-state index is -1.14. The number of aromatic nitrogens is 2. The predicted octanol–water partition coefficient (Wildman–Crippen LogP) is 0.898. The van der Waals surface area contributed by atoms with Crippen LogP contribution in [0.5, 0.6) is 5.75 Å². The second-order valence-electron chi connectivity index (χ2n) is 6.01. The molecule has 0 bridgehead atoms. The molecule has 1 aliphatic rings. The molecule has 3 N–H and O–H groups in total. The first-order valence-corrected chi connectivity index (χ1v) is 8.66. The van der Waals surface area contributed by atoms with Crippen LogP contribution in [0.25, 0.3) is 5.69 Å². The van der Waals surface area contributed by atoms with Gasteiger partial charge in [0.05, 0.1) is 19.3 Å². The van der Waals surface area contributed by atoms with Gasteiger partial charge in [-0.1, -0.05) is 0 Å². The molecule has 0 saturated carbocycles. The van der Waals surface area contributed by atoms with Crippen LogP contribution in [0.2, 0.25) is 0 Å². The smallest absolute Gasteiger partial charge is 0.431 e. The van der Waals surface area contributed by atoms with E-state index in [0.717, 1.165) is 0 Å². The first kappa shape index (κ1) is 19.8. The molecule has 1 aromatic heterocycles. The number of nitrogens with one attached hydrogen (secondary N) is 1. The van der Waals surface area contributed by atoms with Gasteiger partial charge in [0.1, 0.15) is 29.1 Å². The van der Waals surface area contributed by atoms with E-state index in [0.29, 0.717) is 11.4 Å². The summed E-state index contributed by atoms with van der Waals surface area (Å²) in [5.74, 6) is -1.33. The van der Waals surface area contributed by atoms with Crippen molar-refractivity contribution in [3.63, 3.8) is 0 Å². The van der Waals surface area contributed by atoms with Crippen LogP contribution >= 0.6 is 0 Å². The van der Waals surface area contributed by atoms with E-state index in [1.807, 2.05) is 6.07 Å². The van der Waals surface area contributed by atoms with Crippen molar-refractivity contribution >= 4 is 5.97 Å². The third-order valence-electron chi connectivity index (χ3n) is 4.38. The van der Waals surface area contributed by atoms with E-state index in [1.54, 1.807) is 31.2 Å². The van der Waals surface area contributed by atoms with Crippen LogP contribution in [0.15, 0.2) is 56.4 Å². The Morgan fingerprint density at radius 2 is 2.07 bits per heavy atom. The number of benzene rings is 1. The number of aromatic amines is 1. The SMILES string of the molecule is CCOC(=O)C1=C(C)OC(N)=C(C#N)C1c1c(=O)o[nH][n+]1-c1ccc(OC)cc1. The number of hydrogen-bond donors (Lipinski definition) is 2. The molecule has 3 rings (SSSR count). The predicted molar refractivity (Wildman–Crippen MR) is 97.4 cm³/mol. The zero-order valence-corrected chi connectivity index (χ0v) is 16.0. The molecule has 10 nitrogen and oxygen atoms in total. The van der Waals surface area contributed by atoms with E-state index in [-0.39, 0.29) is 35.1 Å². The molecule has 0 radical (unpaired) electrons. The van der Waals surface area contributed by atoms with Crippen LogP contribution in [0.4, 0.5) is 0 Å². The fourth-order valence-corrected chi connectivity index (χ4v) is 3.08. The van der Waals surface area contributed by atoms with E-state index >= 15 is 0 Å². The molecule has 10 heteroatoms. The zero-order chi connectivity index (χ0) is 21.1. The van der Waals surface area contributed by atoms with Crippen molar-refractivity contribution in [1.82, 2.24) is 5.27 Å². The van der Waals surface area contributed by atoms with Gasteiger partial charge in [0, 0.05) is 12.1 Å². The first-order chi connectivity index (χ1) is 13.9. The van der Waals surface area contributed by atoms with Crippen molar-refractivity contribution in [3.8, 4) is 17.5 Å². The second kappa shape index (κ2) is 7.93. The number of esters is 1. The minimum Gasteiger partial charge on any atom is -0.497 e. The number of nitriles is 1. The number of carbonyl (C=O) groups excluding carboxylic acids is 1. The van der Waals surface area contributed by atoms with Gasteiger partial charge >= 0.3 is 17.3 Å². The zero-order valence-electron chi connectivity index (χ0n) is 16.0. The lowest BCUT2D eigenvalue weighted by Crippen LogP contribution is -2.42. The van der Waals surface area contributed by atoms with Crippen molar-refractivity contribution in [2.75, 3.05) is 13.7 Å². The van der Waals surface area contributed by atoms with Crippen LogP contribution in [0, 0.1) is 11.3 Å². The molecule has 2 aromatic rings. The molecule has 1 unspecified atom stereocenters. The Bertz CT molecular complexity index is 1100. The summed E-state index contributed by atoms with van der Waals surface area (Å²) in [6.45, 7) is 3.25. The Balaban J connectivity index is 2.24. The number of carbonyl (C=O) groups is 1. The summed E-state index contributed by atoms with van der Waals surface area (Å²) in [7, 11) is 1.53. The molecule has 29 heavy (non-hydrogen) atoms. The Hall–Kier alpha value is -4.00. The fourth-order valence-electron chi connectivity index (χ4n) is 3.08. The van der Waals surface area contributed by atoms with Gasteiger partial charge < -0.3 is 19.9 Å². The molecular weight excluding hydrogens is 380 g/mol. The van der Waals surface area contributed by atoms with Crippen molar-refractivity contribution in [3.05, 3.63) is 63.2 Å². The standard InChI is InChI=1S/C19H18N4O6/c1-4-27-18(24)14-10(2)28-17(21)13(9-20)15(14)16-19(25)29-22-23(16)11-5-7-12(26-3)8-6-11/h5-8,15H,4,21H2,1-3H3/p+1. The Morgan fingerprint density at radius 3 is 2.66 bits per heavy atom. The van der Waals surface area contributed by atoms with Gasteiger partial charge in [-0.05, 0) is 35.9 Å². The number of ether oxygens (including phenoxy) is 3. The topological polar surface area (TPSA) is 144 Å². The highest BCUT2D eigenvalue weighted by molar-refractivity contribution is 5.92. The average molecular weight is 399 g/mol. The lowest BCUT2D eigenvalue weighted by molar-refractivity contribution is -0.677. The summed E-state index contributed by atoms with van der Waals surface area (Å²) in [4.78, 5) is 25.2. The quantitative estimate of drug-likeness (QED) is 0.557. The maximum absolute atomic E-state index is 12.6. The highest BCUT2D eigenvalue weighted by Gasteiger charge is 2.45. The fraction of sp³-hybridized carbons (Fsp3) is 0.263. The summed E-state index contributed by atoms with van der Waals surface area (Å²) in [5, 5.41) is 12.1. The van der Waals surface area contributed by atoms with E-state index in [4.69, 9.17) is 24.5 Å². The Morgan fingerprint density at radius 1 is 1.38 bits per heavy atom. The van der Waals surface area contributed by atoms with Crippen molar-refractivity contribution in [2.24, 2.45) is 5.73 Å². The third-order valence-corrected chi connectivity index (χ3v) is 4.38. The van der Waals surface area contributed by atoms with Gasteiger partial charge in [-0.15, -0.1) is 0 Å². The second-order valence-corrected chi connectivity index (χ2v) is 6.01. The van der Waals surface area contributed by atoms with Crippen LogP contribution in [-0.4, -0.2) is 25.0 Å². The number of allylic oxidation sites excluding steroid dienone is 2. The summed E-state index contributed by atoms with van der Waals surface area (Å²) in [6, 6.07) is 8.64. The highest BCUT2D eigenvalue weighted by atomic mass is 16.5. The molecule has 1 atom stereocenters. The maximum atomic E-state index is 12.6. The number of nitrogens with zero attached hydrogens (tertiary/aromatic N) is 2. The normalized spacial score (nSPS) is 16.3. The monoisotopic (exact) mass is 399 g/mol. The molecule has 1 aliphatic heterocycles. The molecule has 0 fully saturated rings. The minimum absolute atomic E-state index is 0.00763. The number of rotatable bonds is 5. The van der Waals surface area contributed by atoms with Crippen LogP contribution in [-0.2, 0) is 14.3 Å². The van der Waals surface area contributed by atoms with Crippen molar-refractivity contribution in [2.45, 2.75) is 19.8 Å². The summed E-state index contributed by atoms with van der Waals surface area (Å²) >= 11 is 0. The van der Waals surface area contributed by atoms with Crippen LogP contribution in [0.3, 0.4) is 0 Å². The van der Waals surface area contributed by atoms with E-state index in [2.05, 4.69) is 5.27 Å². The summed E-state index contributed by atoms with van der Waals surface area (Å²) in [6.07, 6.45) is 0. The average Bonchev–Trinajstić information content (AvgIpc) is 3.08. The number of hydrogen-bond acceptors (Lipinski definition) is 8. The molecule has 0 spiro atoms. The molecular formula is C19H19N4O6+. The maximum Gasteiger partial charge on any atom is 0.431 e. The first-order valence-electron chi connectivity index (χ1n) is 8.66. The Kier molecular flexibility index (Phi) is 5.40. The molecule has 2 heterocycles. The van der Waals surface area contributed by atoms with Crippen LogP contribution in [0.1, 0.15) is 25.5 Å². The van der Waals surface area contributed by atoms with Gasteiger partial charge in [-0.3, -0.25) is 4.52 Å². The lowest BCUT2D eigenvalue weighted by Gasteiger charge is -2.23. The van der Waals surface area contributed by atoms with E-state index in [1.165, 1.54) is 18.7 Å². The molecule has 0 aliphatic carbocycles. The van der Waals surface area contributed by atoms with Gasteiger partial charge in [0.2, 0.25) is 11.6 Å². The van der Waals surface area contributed by atoms with Crippen LogP contribution < -0.4 is 20.8 Å². The molecule has 0 amide bonds. The summed E-state index contributed by atoms with van der Waals surface area (Å²) in [5.41, 5.74) is 5.46. The van der Waals surface area contributed by atoms with E-state index < -0.39 is 17.5 Å². The van der Waals surface area contributed by atoms with Crippen molar-refractivity contribution in [1.29, 1.82) is 5.26 Å².